The van der Waals surface area contributed by atoms with Crippen LogP contribution in [0.3, 0.4) is 0 Å². The van der Waals surface area contributed by atoms with Crippen molar-refractivity contribution in [3.63, 3.8) is 0 Å². The predicted octanol–water partition coefficient (Wildman–Crippen LogP) is 2.53. The number of rotatable bonds is 6. The lowest BCUT2D eigenvalue weighted by Gasteiger charge is -2.19. The summed E-state index contributed by atoms with van der Waals surface area (Å²) in [7, 11) is -2.46. The Morgan fingerprint density at radius 3 is 2.39 bits per heavy atom. The second-order valence-electron chi connectivity index (χ2n) is 4.78. The van der Waals surface area contributed by atoms with Gasteiger partial charge in [-0.05, 0) is 42.9 Å². The van der Waals surface area contributed by atoms with Gasteiger partial charge >= 0.3 is 0 Å². The first kappa shape index (κ1) is 17.7. The minimum absolute atomic E-state index is 0.0917. The lowest BCUT2D eigenvalue weighted by atomic mass is 10.1. The fourth-order valence-electron chi connectivity index (χ4n) is 2.02. The molecule has 0 heterocycles. The average molecular weight is 359 g/mol. The Morgan fingerprint density at radius 2 is 1.87 bits per heavy atom. The van der Waals surface area contributed by atoms with Crippen LogP contribution in [0, 0.1) is 5.82 Å². The van der Waals surface area contributed by atoms with E-state index in [0.717, 1.165) is 11.6 Å². The Labute approximate surface area is 139 Å². The number of anilines is 1. The van der Waals surface area contributed by atoms with E-state index in [0.29, 0.717) is 5.02 Å². The van der Waals surface area contributed by atoms with Crippen LogP contribution >= 0.6 is 11.6 Å². The second-order valence-corrected chi connectivity index (χ2v) is 7.10. The van der Waals surface area contributed by atoms with Crippen LogP contribution in [0.15, 0.2) is 47.4 Å². The van der Waals surface area contributed by atoms with E-state index in [1.165, 1.54) is 19.2 Å². The molecule has 0 saturated heterocycles. The van der Waals surface area contributed by atoms with Crippen LogP contribution in [0.1, 0.15) is 11.6 Å². The van der Waals surface area contributed by atoms with Gasteiger partial charge < -0.3 is 10.4 Å². The summed E-state index contributed by atoms with van der Waals surface area (Å²) in [6.07, 6.45) is 0. The maximum atomic E-state index is 14.1. The van der Waals surface area contributed by atoms with Crippen molar-refractivity contribution >= 4 is 27.3 Å². The smallest absolute Gasteiger partial charge is 0.240 e. The molecule has 23 heavy (non-hydrogen) atoms. The van der Waals surface area contributed by atoms with Crippen LogP contribution in [0.5, 0.6) is 0 Å². The lowest BCUT2D eigenvalue weighted by Crippen LogP contribution is -2.19. The Bertz CT molecular complexity index is 782. The molecule has 1 unspecified atom stereocenters. The highest BCUT2D eigenvalue weighted by Crippen LogP contribution is 2.24. The molecule has 0 aromatic heterocycles. The molecule has 2 rings (SSSR count). The summed E-state index contributed by atoms with van der Waals surface area (Å²) in [6, 6.07) is 9.74. The molecular formula is C15H16ClFN2O3S. The molecule has 0 aliphatic carbocycles. The molecule has 0 bridgehead atoms. The first-order valence-electron chi connectivity index (χ1n) is 6.73. The van der Waals surface area contributed by atoms with E-state index in [9.17, 15) is 17.9 Å². The maximum Gasteiger partial charge on any atom is 0.240 e. The molecule has 0 spiro atoms. The summed E-state index contributed by atoms with van der Waals surface area (Å²) in [5.74, 6) is -0.728. The summed E-state index contributed by atoms with van der Waals surface area (Å²) >= 11 is 5.81. The minimum Gasteiger partial charge on any atom is -0.394 e. The summed E-state index contributed by atoms with van der Waals surface area (Å²) in [6.45, 7) is -0.266. The molecule has 3 N–H and O–H groups in total. The lowest BCUT2D eigenvalue weighted by molar-refractivity contribution is 0.276. The summed E-state index contributed by atoms with van der Waals surface area (Å²) in [5.41, 5.74) is 0.817. The van der Waals surface area contributed by atoms with E-state index < -0.39 is 21.9 Å². The van der Waals surface area contributed by atoms with Crippen LogP contribution < -0.4 is 10.0 Å². The van der Waals surface area contributed by atoms with E-state index in [1.807, 2.05) is 0 Å². The molecular weight excluding hydrogens is 343 g/mol. The fraction of sp³-hybridized carbons (Fsp3) is 0.200. The van der Waals surface area contributed by atoms with Gasteiger partial charge in [-0.1, -0.05) is 23.7 Å². The number of sulfonamides is 1. The van der Waals surface area contributed by atoms with Gasteiger partial charge in [-0.3, -0.25) is 0 Å². The Morgan fingerprint density at radius 1 is 1.22 bits per heavy atom. The van der Waals surface area contributed by atoms with Gasteiger partial charge in [0.05, 0.1) is 23.2 Å². The third-order valence-electron chi connectivity index (χ3n) is 3.30. The van der Waals surface area contributed by atoms with Crippen molar-refractivity contribution in [2.45, 2.75) is 10.9 Å². The van der Waals surface area contributed by atoms with Gasteiger partial charge in [0.15, 0.2) is 0 Å². The highest BCUT2D eigenvalue weighted by atomic mass is 35.5. The molecule has 5 nitrogen and oxygen atoms in total. The molecule has 0 aliphatic rings. The fourth-order valence-corrected chi connectivity index (χ4v) is 2.88. The van der Waals surface area contributed by atoms with E-state index in [-0.39, 0.29) is 17.2 Å². The maximum absolute atomic E-state index is 14.1. The van der Waals surface area contributed by atoms with Crippen LogP contribution in [0.25, 0.3) is 0 Å². The minimum atomic E-state index is -3.71. The third-order valence-corrected chi connectivity index (χ3v) is 4.97. The molecule has 0 radical (unpaired) electrons. The topological polar surface area (TPSA) is 78.4 Å². The van der Waals surface area contributed by atoms with E-state index in [2.05, 4.69) is 10.0 Å². The normalized spacial score (nSPS) is 12.9. The van der Waals surface area contributed by atoms with Crippen LogP contribution in [0.4, 0.5) is 10.1 Å². The molecule has 124 valence electrons. The van der Waals surface area contributed by atoms with Gasteiger partial charge in [0.1, 0.15) is 5.82 Å². The molecule has 8 heteroatoms. The van der Waals surface area contributed by atoms with Gasteiger partial charge in [-0.25, -0.2) is 17.5 Å². The van der Waals surface area contributed by atoms with Crippen molar-refractivity contribution in [2.75, 3.05) is 19.0 Å². The number of halogens is 2. The highest BCUT2D eigenvalue weighted by molar-refractivity contribution is 7.89. The monoisotopic (exact) mass is 358 g/mol. The first-order chi connectivity index (χ1) is 10.9. The Balaban J connectivity index is 2.26. The van der Waals surface area contributed by atoms with Crippen molar-refractivity contribution in [1.82, 2.24) is 4.72 Å². The largest absolute Gasteiger partial charge is 0.394 e. The predicted molar refractivity (Wildman–Crippen MR) is 87.5 cm³/mol. The van der Waals surface area contributed by atoms with Crippen molar-refractivity contribution in [1.29, 1.82) is 0 Å². The highest BCUT2D eigenvalue weighted by Gasteiger charge is 2.16. The zero-order valence-electron chi connectivity index (χ0n) is 12.3. The van der Waals surface area contributed by atoms with Gasteiger partial charge in [0.25, 0.3) is 0 Å². The van der Waals surface area contributed by atoms with Gasteiger partial charge in [0.2, 0.25) is 10.0 Å². The van der Waals surface area contributed by atoms with Crippen LogP contribution in [-0.4, -0.2) is 27.2 Å². The summed E-state index contributed by atoms with van der Waals surface area (Å²) in [5, 5.41) is 12.9. The Kier molecular flexibility index (Phi) is 5.59. The van der Waals surface area contributed by atoms with Crippen molar-refractivity contribution in [3.8, 4) is 0 Å². The molecule has 0 aliphatic heterocycles. The standard InChI is InChI=1S/C15H16ClFN2O3S/c1-18-23(21,22)12-6-7-14(13(17)8-12)19-15(9-20)10-2-4-11(16)5-3-10/h2-8,15,18-20H,9H2,1H3. The first-order valence-corrected chi connectivity index (χ1v) is 8.59. The number of benzene rings is 2. The number of hydrogen-bond acceptors (Lipinski definition) is 4. The molecule has 0 amide bonds. The zero-order valence-corrected chi connectivity index (χ0v) is 13.8. The average Bonchev–Trinajstić information content (AvgIpc) is 2.54. The number of nitrogens with one attached hydrogen (secondary N) is 2. The zero-order chi connectivity index (χ0) is 17.0. The van der Waals surface area contributed by atoms with E-state index in [4.69, 9.17) is 11.6 Å². The Hall–Kier alpha value is -1.67. The van der Waals surface area contributed by atoms with Gasteiger partial charge in [0, 0.05) is 5.02 Å². The van der Waals surface area contributed by atoms with Crippen LogP contribution in [-0.2, 0) is 10.0 Å². The summed E-state index contributed by atoms with van der Waals surface area (Å²) < 4.78 is 39.5. The second kappa shape index (κ2) is 7.27. The number of aliphatic hydroxyl groups is 1. The molecule has 0 fully saturated rings. The van der Waals surface area contributed by atoms with E-state index in [1.54, 1.807) is 24.3 Å². The third kappa shape index (κ3) is 4.20. The molecule has 2 aromatic rings. The van der Waals surface area contributed by atoms with Crippen molar-refractivity contribution in [3.05, 3.63) is 58.9 Å². The van der Waals surface area contributed by atoms with Crippen molar-refractivity contribution < 1.29 is 17.9 Å². The number of hydrogen-bond donors (Lipinski definition) is 3. The van der Waals surface area contributed by atoms with Crippen molar-refractivity contribution in [2.24, 2.45) is 0 Å². The SMILES string of the molecule is CNS(=O)(=O)c1ccc(NC(CO)c2ccc(Cl)cc2)c(F)c1. The van der Waals surface area contributed by atoms with E-state index >= 15 is 0 Å². The molecule has 0 saturated carbocycles. The summed E-state index contributed by atoms with van der Waals surface area (Å²) in [4.78, 5) is -0.171. The molecule has 1 atom stereocenters. The number of aliphatic hydroxyl groups excluding tert-OH is 1. The van der Waals surface area contributed by atoms with Crippen LogP contribution in [0.2, 0.25) is 5.02 Å². The quantitative estimate of drug-likeness (QED) is 0.741. The van der Waals surface area contributed by atoms with Gasteiger partial charge in [-0.15, -0.1) is 0 Å². The molecule has 2 aromatic carbocycles. The van der Waals surface area contributed by atoms with Gasteiger partial charge in [-0.2, -0.15) is 0 Å².